The molecule has 27 heavy (non-hydrogen) atoms. The van der Waals surface area contributed by atoms with Crippen molar-refractivity contribution in [3.63, 3.8) is 0 Å². The van der Waals surface area contributed by atoms with Gasteiger partial charge in [0.25, 0.3) is 0 Å². The normalized spacial score (nSPS) is 11.6. The summed E-state index contributed by atoms with van der Waals surface area (Å²) in [6.45, 7) is 0. The molecular formula is C19H19ClFNO5. The van der Waals surface area contributed by atoms with Crippen molar-refractivity contribution in [3.8, 4) is 11.5 Å². The fraction of sp³-hybridized carbons (Fsp3) is 0.263. The van der Waals surface area contributed by atoms with Gasteiger partial charge in [-0.3, -0.25) is 4.79 Å². The molecule has 0 aromatic heterocycles. The number of carbonyl (C=O) groups excluding carboxylic acids is 1. The molecule has 2 rings (SSSR count). The van der Waals surface area contributed by atoms with Crippen molar-refractivity contribution in [2.45, 2.75) is 18.9 Å². The number of amides is 1. The molecule has 0 radical (unpaired) electrons. The molecule has 0 saturated heterocycles. The van der Waals surface area contributed by atoms with Crippen LogP contribution in [0.2, 0.25) is 5.02 Å². The van der Waals surface area contributed by atoms with Gasteiger partial charge in [-0.1, -0.05) is 23.7 Å². The van der Waals surface area contributed by atoms with Crippen LogP contribution >= 0.6 is 11.6 Å². The molecule has 0 fully saturated rings. The van der Waals surface area contributed by atoms with Gasteiger partial charge in [-0.05, 0) is 41.8 Å². The van der Waals surface area contributed by atoms with E-state index in [1.165, 1.54) is 44.6 Å². The van der Waals surface area contributed by atoms with E-state index in [1.54, 1.807) is 6.07 Å². The van der Waals surface area contributed by atoms with Crippen molar-refractivity contribution < 1.29 is 28.6 Å². The fourth-order valence-electron chi connectivity index (χ4n) is 2.51. The second-order valence-corrected chi connectivity index (χ2v) is 6.11. The minimum absolute atomic E-state index is 0.000560. The summed E-state index contributed by atoms with van der Waals surface area (Å²) in [7, 11) is 2.81. The van der Waals surface area contributed by atoms with Crippen LogP contribution in [0.3, 0.4) is 0 Å². The number of carboxylic acid groups (broad SMARTS) is 1. The molecule has 0 saturated carbocycles. The first-order valence-corrected chi connectivity index (χ1v) is 8.41. The Hall–Kier alpha value is -2.80. The molecule has 2 aromatic rings. The van der Waals surface area contributed by atoms with Gasteiger partial charge in [0.15, 0.2) is 17.6 Å². The zero-order valence-electron chi connectivity index (χ0n) is 14.8. The van der Waals surface area contributed by atoms with E-state index in [4.69, 9.17) is 21.1 Å². The molecule has 0 aliphatic carbocycles. The van der Waals surface area contributed by atoms with Crippen LogP contribution in [0.25, 0.3) is 0 Å². The Morgan fingerprint density at radius 2 is 1.81 bits per heavy atom. The number of hydrogen-bond acceptors (Lipinski definition) is 4. The van der Waals surface area contributed by atoms with Crippen LogP contribution in [0.5, 0.6) is 11.5 Å². The van der Waals surface area contributed by atoms with Crippen molar-refractivity contribution in [3.05, 3.63) is 58.4 Å². The highest BCUT2D eigenvalue weighted by molar-refractivity contribution is 6.32. The van der Waals surface area contributed by atoms with Crippen LogP contribution < -0.4 is 14.8 Å². The lowest BCUT2D eigenvalue weighted by atomic mass is 10.1. The zero-order chi connectivity index (χ0) is 20.0. The summed E-state index contributed by atoms with van der Waals surface area (Å²) < 4.78 is 23.6. The monoisotopic (exact) mass is 395 g/mol. The minimum atomic E-state index is -1.26. The maximum atomic E-state index is 13.7. The number of rotatable bonds is 8. The lowest BCUT2D eigenvalue weighted by molar-refractivity contribution is -0.142. The first-order chi connectivity index (χ1) is 12.8. The van der Waals surface area contributed by atoms with Crippen molar-refractivity contribution >= 4 is 23.5 Å². The molecule has 0 heterocycles. The molecule has 1 unspecified atom stereocenters. The molecule has 1 amide bonds. The van der Waals surface area contributed by atoms with Crippen molar-refractivity contribution in [2.24, 2.45) is 0 Å². The number of hydrogen-bond donors (Lipinski definition) is 2. The maximum absolute atomic E-state index is 13.7. The van der Waals surface area contributed by atoms with Crippen molar-refractivity contribution in [2.75, 3.05) is 14.2 Å². The van der Waals surface area contributed by atoms with Gasteiger partial charge in [0.2, 0.25) is 5.91 Å². The molecule has 0 bridgehead atoms. The van der Waals surface area contributed by atoms with Crippen LogP contribution in [0.4, 0.5) is 4.39 Å². The lowest BCUT2D eigenvalue weighted by Crippen LogP contribution is -2.33. The molecular weight excluding hydrogens is 377 g/mol. The predicted octanol–water partition coefficient (Wildman–Crippen LogP) is 3.37. The molecule has 8 heteroatoms. The molecule has 0 aliphatic heterocycles. The second-order valence-electron chi connectivity index (χ2n) is 5.70. The SMILES string of the molecule is COc1ccc(CCC(=O)NC(C(=O)O)c2ccc(OC)c(Cl)c2)cc1F. The molecule has 0 spiro atoms. The van der Waals surface area contributed by atoms with Crippen LogP contribution in [0, 0.1) is 5.82 Å². The first kappa shape index (κ1) is 20.5. The van der Waals surface area contributed by atoms with Crippen molar-refractivity contribution in [1.29, 1.82) is 0 Å². The highest BCUT2D eigenvalue weighted by Gasteiger charge is 2.23. The number of benzene rings is 2. The summed E-state index contributed by atoms with van der Waals surface area (Å²) in [5.74, 6) is -1.71. The van der Waals surface area contributed by atoms with E-state index in [0.717, 1.165) is 0 Å². The third-order valence-electron chi connectivity index (χ3n) is 3.92. The number of carboxylic acids is 1. The van der Waals surface area contributed by atoms with Gasteiger partial charge in [-0.2, -0.15) is 0 Å². The van der Waals surface area contributed by atoms with Crippen LogP contribution in [-0.4, -0.2) is 31.2 Å². The van der Waals surface area contributed by atoms with Gasteiger partial charge in [-0.25, -0.2) is 9.18 Å². The Balaban J connectivity index is 2.04. The Morgan fingerprint density at radius 1 is 1.15 bits per heavy atom. The fourth-order valence-corrected chi connectivity index (χ4v) is 2.77. The Morgan fingerprint density at radius 3 is 2.37 bits per heavy atom. The average Bonchev–Trinajstić information content (AvgIpc) is 2.64. The smallest absolute Gasteiger partial charge is 0.330 e. The van der Waals surface area contributed by atoms with Gasteiger partial charge < -0.3 is 19.9 Å². The highest BCUT2D eigenvalue weighted by Crippen LogP contribution is 2.28. The highest BCUT2D eigenvalue weighted by atomic mass is 35.5. The van der Waals surface area contributed by atoms with E-state index >= 15 is 0 Å². The number of ether oxygens (including phenoxy) is 2. The lowest BCUT2D eigenvalue weighted by Gasteiger charge is -2.16. The van der Waals surface area contributed by atoms with Gasteiger partial charge in [-0.15, -0.1) is 0 Å². The quantitative estimate of drug-likeness (QED) is 0.715. The molecule has 2 N–H and O–H groups in total. The summed E-state index contributed by atoms with van der Waals surface area (Å²) in [5, 5.41) is 12.1. The topological polar surface area (TPSA) is 84.9 Å². The third kappa shape index (κ3) is 5.34. The first-order valence-electron chi connectivity index (χ1n) is 8.03. The third-order valence-corrected chi connectivity index (χ3v) is 4.21. The molecule has 0 aliphatic rings. The van der Waals surface area contributed by atoms with Crippen LogP contribution in [0.15, 0.2) is 36.4 Å². The summed E-state index contributed by atoms with van der Waals surface area (Å²) >= 11 is 6.02. The van der Waals surface area contributed by atoms with E-state index in [2.05, 4.69) is 5.32 Å². The molecule has 6 nitrogen and oxygen atoms in total. The van der Waals surface area contributed by atoms with E-state index < -0.39 is 23.7 Å². The van der Waals surface area contributed by atoms with Crippen LogP contribution in [0.1, 0.15) is 23.6 Å². The number of methoxy groups -OCH3 is 2. The zero-order valence-corrected chi connectivity index (χ0v) is 15.5. The van der Waals surface area contributed by atoms with Gasteiger partial charge >= 0.3 is 5.97 Å². The van der Waals surface area contributed by atoms with E-state index in [1.807, 2.05) is 0 Å². The van der Waals surface area contributed by atoms with Gasteiger partial charge in [0.1, 0.15) is 5.75 Å². The Kier molecular flexibility index (Phi) is 7.01. The second kappa shape index (κ2) is 9.23. The molecule has 2 aromatic carbocycles. The number of carbonyl (C=O) groups is 2. The van der Waals surface area contributed by atoms with Gasteiger partial charge in [0.05, 0.1) is 19.2 Å². The number of aryl methyl sites for hydroxylation is 1. The predicted molar refractivity (Wildman–Crippen MR) is 97.8 cm³/mol. The largest absolute Gasteiger partial charge is 0.495 e. The Labute approximate surface area is 160 Å². The average molecular weight is 396 g/mol. The summed E-state index contributed by atoms with van der Waals surface area (Å²) in [6.07, 6.45) is 0.252. The van der Waals surface area contributed by atoms with E-state index in [0.29, 0.717) is 16.9 Å². The minimum Gasteiger partial charge on any atom is -0.495 e. The number of nitrogens with one attached hydrogen (secondary N) is 1. The Bertz CT molecular complexity index is 843. The maximum Gasteiger partial charge on any atom is 0.330 e. The number of halogens is 2. The van der Waals surface area contributed by atoms with Gasteiger partial charge in [0, 0.05) is 6.42 Å². The standard InChI is InChI=1S/C19H19ClFNO5/c1-26-15-7-5-12(10-13(15)20)18(19(24)25)22-17(23)8-4-11-3-6-16(27-2)14(21)9-11/h3,5-7,9-10,18H,4,8H2,1-2H3,(H,22,23)(H,24,25). The van der Waals surface area contributed by atoms with E-state index in [9.17, 15) is 19.1 Å². The summed E-state index contributed by atoms with van der Waals surface area (Å²) in [6, 6.07) is 7.62. The van der Waals surface area contributed by atoms with E-state index in [-0.39, 0.29) is 23.6 Å². The molecule has 144 valence electrons. The van der Waals surface area contributed by atoms with Crippen molar-refractivity contribution in [1.82, 2.24) is 5.32 Å². The molecule has 1 atom stereocenters. The summed E-state index contributed by atoms with van der Waals surface area (Å²) in [5.41, 5.74) is 0.917. The summed E-state index contributed by atoms with van der Waals surface area (Å²) in [4.78, 5) is 23.7. The van der Waals surface area contributed by atoms with Crippen LogP contribution in [-0.2, 0) is 16.0 Å². The number of aliphatic carboxylic acids is 1.